The predicted octanol–water partition coefficient (Wildman–Crippen LogP) is 4.92. The van der Waals surface area contributed by atoms with Crippen LogP contribution in [0.4, 0.5) is 0 Å². The SMILES string of the molecule is CC(=O)OCC12C(OC(=O)c3ccccc3)C(OC(C)=O)C3C(OC(=O)c4ccccc4)C14OC3(C)COC(=O)c1cccnc1C(C)C(C)C(=O)OC(C(OC(C)=O)C2OC(=O)c1ccccc1)C4(C)O. The van der Waals surface area contributed by atoms with Crippen molar-refractivity contribution in [1.29, 1.82) is 0 Å². The molecule has 4 aliphatic rings. The fourth-order valence-electron chi connectivity index (χ4n) is 11.0. The molecule has 1 saturated heterocycles. The van der Waals surface area contributed by atoms with Gasteiger partial charge in [-0.1, -0.05) is 68.4 Å². The van der Waals surface area contributed by atoms with Crippen molar-refractivity contribution in [2.45, 2.75) is 108 Å². The second kappa shape index (κ2) is 19.6. The van der Waals surface area contributed by atoms with Crippen LogP contribution in [-0.4, -0.2) is 124 Å². The Kier molecular flexibility index (Phi) is 13.8. The number of rotatable bonds is 10. The molecule has 1 aromatic heterocycles. The van der Waals surface area contributed by atoms with Gasteiger partial charge in [-0.05, 0) is 62.4 Å². The van der Waals surface area contributed by atoms with E-state index in [-0.39, 0.29) is 27.9 Å². The van der Waals surface area contributed by atoms with Crippen LogP contribution in [0.2, 0.25) is 0 Å². The number of hydrogen-bond acceptors (Lipinski definition) is 19. The summed E-state index contributed by atoms with van der Waals surface area (Å²) >= 11 is 0. The van der Waals surface area contributed by atoms with Gasteiger partial charge in [0.1, 0.15) is 42.0 Å². The molecule has 3 aromatic carbocycles. The van der Waals surface area contributed by atoms with Gasteiger partial charge in [-0.3, -0.25) is 24.2 Å². The first kappa shape index (κ1) is 50.9. The van der Waals surface area contributed by atoms with Gasteiger partial charge in [-0.15, -0.1) is 0 Å². The Labute approximate surface area is 413 Å². The van der Waals surface area contributed by atoms with Crippen LogP contribution in [0.3, 0.4) is 0 Å². The van der Waals surface area contributed by atoms with Crippen molar-refractivity contribution >= 4 is 47.8 Å². The summed E-state index contributed by atoms with van der Waals surface area (Å²) < 4.78 is 57.7. The second-order valence-electron chi connectivity index (χ2n) is 18.8. The van der Waals surface area contributed by atoms with Gasteiger partial charge < -0.3 is 47.7 Å². The van der Waals surface area contributed by atoms with Crippen molar-refractivity contribution in [2.75, 3.05) is 13.2 Å². The van der Waals surface area contributed by atoms with Crippen LogP contribution in [0.15, 0.2) is 109 Å². The predicted molar refractivity (Wildman–Crippen MR) is 245 cm³/mol. The molecule has 4 bridgehead atoms. The fraction of sp³-hybridized carbons (Fsp3) is 0.415. The van der Waals surface area contributed by atoms with E-state index in [1.165, 1.54) is 92.8 Å². The zero-order valence-corrected chi connectivity index (χ0v) is 40.3. The molecule has 3 heterocycles. The molecule has 0 amide bonds. The van der Waals surface area contributed by atoms with Crippen molar-refractivity contribution in [3.05, 3.63) is 137 Å². The molecular weight excluding hydrogens is 939 g/mol. The molecule has 3 fully saturated rings. The molecule has 13 unspecified atom stereocenters. The zero-order valence-electron chi connectivity index (χ0n) is 40.3. The number of carbonyl (C=O) groups excluding carboxylic acids is 8. The van der Waals surface area contributed by atoms with E-state index in [1.807, 2.05) is 0 Å². The average molecular weight is 992 g/mol. The van der Waals surface area contributed by atoms with Crippen LogP contribution in [0, 0.1) is 17.3 Å². The van der Waals surface area contributed by atoms with E-state index in [1.54, 1.807) is 37.3 Å². The number of fused-ring (bicyclic) bond motifs is 5. The molecule has 2 aliphatic heterocycles. The average Bonchev–Trinajstić information content (AvgIpc) is 3.58. The van der Waals surface area contributed by atoms with Crippen LogP contribution in [-0.2, 0) is 61.8 Å². The molecular formula is C53H53NO18. The highest BCUT2D eigenvalue weighted by Crippen LogP contribution is 2.70. The summed E-state index contributed by atoms with van der Waals surface area (Å²) in [7, 11) is 0. The van der Waals surface area contributed by atoms with Gasteiger partial charge in [0.25, 0.3) is 0 Å². The highest BCUT2D eigenvalue weighted by atomic mass is 16.7. The smallest absolute Gasteiger partial charge is 0.340 e. The number of benzene rings is 3. The lowest BCUT2D eigenvalue weighted by Crippen LogP contribution is -2.89. The lowest BCUT2D eigenvalue weighted by atomic mass is 9.45. The van der Waals surface area contributed by atoms with Gasteiger partial charge in [-0.2, -0.15) is 0 Å². The van der Waals surface area contributed by atoms with E-state index in [2.05, 4.69) is 4.98 Å². The molecule has 72 heavy (non-hydrogen) atoms. The van der Waals surface area contributed by atoms with Crippen molar-refractivity contribution in [2.24, 2.45) is 17.3 Å². The number of carbonyl (C=O) groups is 8. The first-order valence-corrected chi connectivity index (χ1v) is 23.2. The third kappa shape index (κ3) is 8.63. The van der Waals surface area contributed by atoms with E-state index in [9.17, 15) is 43.5 Å². The monoisotopic (exact) mass is 991 g/mol. The van der Waals surface area contributed by atoms with Crippen molar-refractivity contribution in [1.82, 2.24) is 4.98 Å². The number of cyclic esters (lactones) is 1. The summed E-state index contributed by atoms with van der Waals surface area (Å²) in [5, 5.41) is 14.1. The highest BCUT2D eigenvalue weighted by molar-refractivity contribution is 5.92. The van der Waals surface area contributed by atoms with E-state index < -0.39 is 138 Å². The summed E-state index contributed by atoms with van der Waals surface area (Å²) in [4.78, 5) is 119. The largest absolute Gasteiger partial charge is 0.465 e. The topological polar surface area (TPSA) is 253 Å². The fourth-order valence-corrected chi connectivity index (χ4v) is 11.0. The molecule has 2 aliphatic carbocycles. The van der Waals surface area contributed by atoms with E-state index >= 15 is 0 Å². The van der Waals surface area contributed by atoms with Crippen molar-refractivity contribution in [3.8, 4) is 0 Å². The number of ether oxygens (including phenoxy) is 9. The van der Waals surface area contributed by atoms with Crippen molar-refractivity contribution in [3.63, 3.8) is 0 Å². The van der Waals surface area contributed by atoms with E-state index in [4.69, 9.17) is 42.6 Å². The summed E-state index contributed by atoms with van der Waals surface area (Å²) in [6, 6.07) is 25.4. The standard InChI is InChI=1S/C53H53NO18/c1-28-29(2)45(58)69-42-40(67-32(5)57)44(71-48(61)35-22-15-10-16-23-35)52(27-64-30(3)55)43(70-47(60)34-20-13-9-14-21-34)39(66-31(4)56)37-41(68-46(59)33-18-11-8-12-19-33)53(52,51(42,7)63)72-50(37,6)26-65-49(62)36-24-17-25-54-38(28)36/h8-25,28-29,37,39-44,63H,26-27H2,1-7H3. The van der Waals surface area contributed by atoms with Crippen LogP contribution >= 0.6 is 0 Å². The maximum absolute atomic E-state index is 14.9. The van der Waals surface area contributed by atoms with E-state index in [0.717, 1.165) is 27.7 Å². The summed E-state index contributed by atoms with van der Waals surface area (Å²) in [5.41, 5.74) is -11.0. The molecule has 0 radical (unpaired) electrons. The Hall–Kier alpha value is -7.51. The van der Waals surface area contributed by atoms with Gasteiger partial charge in [0, 0.05) is 32.9 Å². The van der Waals surface area contributed by atoms with E-state index in [0.29, 0.717) is 0 Å². The quantitative estimate of drug-likeness (QED) is 0.164. The molecule has 8 rings (SSSR count). The van der Waals surface area contributed by atoms with Crippen LogP contribution in [0.5, 0.6) is 0 Å². The van der Waals surface area contributed by atoms with Gasteiger partial charge in [-0.25, -0.2) is 19.2 Å². The number of nitrogens with zero attached hydrogens (tertiary/aromatic N) is 1. The molecule has 1 spiro atoms. The highest BCUT2D eigenvalue weighted by Gasteiger charge is 2.92. The minimum atomic E-state index is -2.96. The number of aliphatic hydroxyl groups is 1. The first-order valence-electron chi connectivity index (χ1n) is 23.2. The van der Waals surface area contributed by atoms with Gasteiger partial charge in [0.05, 0.1) is 39.8 Å². The molecule has 378 valence electrons. The third-order valence-corrected chi connectivity index (χ3v) is 14.3. The molecule has 4 aromatic rings. The number of pyridine rings is 1. The van der Waals surface area contributed by atoms with Gasteiger partial charge >= 0.3 is 47.8 Å². The van der Waals surface area contributed by atoms with Crippen LogP contribution < -0.4 is 0 Å². The number of aromatic nitrogens is 1. The summed E-state index contributed by atoms with van der Waals surface area (Å²) in [6.45, 7) is 6.64. The maximum Gasteiger partial charge on any atom is 0.340 e. The molecule has 19 nitrogen and oxygen atoms in total. The van der Waals surface area contributed by atoms with Crippen molar-refractivity contribution < 1.29 is 86.1 Å². The van der Waals surface area contributed by atoms with Gasteiger partial charge in [0.15, 0.2) is 30.0 Å². The number of esters is 8. The first-order chi connectivity index (χ1) is 34.2. The minimum Gasteiger partial charge on any atom is -0.465 e. The molecule has 1 N–H and O–H groups in total. The van der Waals surface area contributed by atoms with Crippen LogP contribution in [0.1, 0.15) is 102 Å². The minimum absolute atomic E-state index is 0.0465. The zero-order chi connectivity index (χ0) is 51.9. The molecule has 2 saturated carbocycles. The Morgan fingerprint density at radius 3 is 1.62 bits per heavy atom. The maximum atomic E-state index is 14.9. The Morgan fingerprint density at radius 2 is 1.12 bits per heavy atom. The lowest BCUT2D eigenvalue weighted by Gasteiger charge is -2.67. The summed E-state index contributed by atoms with van der Waals surface area (Å²) in [5.74, 6) is -12.3. The Morgan fingerprint density at radius 1 is 0.639 bits per heavy atom. The Bertz CT molecular complexity index is 2770. The normalized spacial score (nSPS) is 32.5. The Balaban J connectivity index is 1.54. The molecule has 19 heteroatoms. The summed E-state index contributed by atoms with van der Waals surface area (Å²) in [6.07, 6.45) is -11.4. The van der Waals surface area contributed by atoms with Gasteiger partial charge in [0.2, 0.25) is 0 Å². The second-order valence-corrected chi connectivity index (χ2v) is 18.8. The number of hydrogen-bond donors (Lipinski definition) is 1. The van der Waals surface area contributed by atoms with Crippen LogP contribution in [0.25, 0.3) is 0 Å². The third-order valence-electron chi connectivity index (χ3n) is 14.3. The molecule has 13 atom stereocenters. The lowest BCUT2D eigenvalue weighted by molar-refractivity contribution is -0.384.